The Morgan fingerprint density at radius 1 is 1.00 bits per heavy atom. The molecule has 0 aliphatic rings. The van der Waals surface area contributed by atoms with Crippen LogP contribution in [0.15, 0.2) is 59.5 Å². The summed E-state index contributed by atoms with van der Waals surface area (Å²) in [6.07, 6.45) is 4.62. The summed E-state index contributed by atoms with van der Waals surface area (Å²) in [5.74, 6) is 6.24. The van der Waals surface area contributed by atoms with Crippen LogP contribution < -0.4 is 4.74 Å². The minimum Gasteiger partial charge on any atom is -0.472 e. The molecule has 0 bridgehead atoms. The number of rotatable bonds is 4. The van der Waals surface area contributed by atoms with E-state index in [4.69, 9.17) is 14.4 Å². The fourth-order valence-corrected chi connectivity index (χ4v) is 2.58. The molecule has 0 spiro atoms. The van der Waals surface area contributed by atoms with Crippen LogP contribution in [0.1, 0.15) is 27.9 Å². The number of pyridine rings is 1. The molecule has 0 atom stereocenters. The molecule has 1 aromatic carbocycles. The fourth-order valence-electron chi connectivity index (χ4n) is 2.58. The molecule has 3 heterocycles. The fraction of sp³-hybridized carbons (Fsp3) is 0.0909. The number of nitriles is 1. The Morgan fingerprint density at radius 3 is 2.59 bits per heavy atom. The molecule has 0 saturated heterocycles. The van der Waals surface area contributed by atoms with Gasteiger partial charge in [0.2, 0.25) is 5.88 Å². The van der Waals surface area contributed by atoms with Gasteiger partial charge in [-0.3, -0.25) is 0 Å². The molecule has 140 valence electrons. The maximum atomic E-state index is 9.35. The van der Waals surface area contributed by atoms with Crippen LogP contribution in [-0.2, 0) is 13.2 Å². The quantitative estimate of drug-likeness (QED) is 0.541. The first kappa shape index (κ1) is 18.2. The van der Waals surface area contributed by atoms with Gasteiger partial charge in [0.05, 0.1) is 30.8 Å². The minimum absolute atomic E-state index is 0.145. The van der Waals surface area contributed by atoms with E-state index in [2.05, 4.69) is 32.9 Å². The highest BCUT2D eigenvalue weighted by Gasteiger charge is 2.12. The molecule has 7 heteroatoms. The van der Waals surface area contributed by atoms with Crippen LogP contribution in [0, 0.1) is 23.2 Å². The van der Waals surface area contributed by atoms with E-state index in [1.807, 2.05) is 0 Å². The van der Waals surface area contributed by atoms with Gasteiger partial charge in [-0.05, 0) is 42.3 Å². The van der Waals surface area contributed by atoms with E-state index in [1.54, 1.807) is 42.6 Å². The van der Waals surface area contributed by atoms with Crippen LogP contribution in [0.25, 0.3) is 11.2 Å². The average molecular weight is 382 g/mol. The van der Waals surface area contributed by atoms with Crippen LogP contribution in [0.5, 0.6) is 5.88 Å². The Hall–Kier alpha value is -4.20. The number of fused-ring (bicyclic) bond motifs is 1. The number of hydrogen-bond acceptors (Lipinski definition) is 7. The number of nitrogens with zero attached hydrogens (tertiary/aromatic N) is 4. The van der Waals surface area contributed by atoms with Crippen molar-refractivity contribution >= 4 is 11.2 Å². The van der Waals surface area contributed by atoms with Gasteiger partial charge in [-0.15, -0.1) is 0 Å². The predicted molar refractivity (Wildman–Crippen MR) is 103 cm³/mol. The lowest BCUT2D eigenvalue weighted by Gasteiger charge is -2.07. The molecule has 0 unspecified atom stereocenters. The third-order valence-electron chi connectivity index (χ3n) is 4.12. The number of hydrogen-bond donors (Lipinski definition) is 1. The third-order valence-corrected chi connectivity index (χ3v) is 4.12. The first-order chi connectivity index (χ1) is 14.3. The van der Waals surface area contributed by atoms with Gasteiger partial charge in [-0.25, -0.2) is 15.0 Å². The number of ether oxygens (including phenoxy) is 1. The van der Waals surface area contributed by atoms with Crippen LogP contribution in [0.2, 0.25) is 0 Å². The van der Waals surface area contributed by atoms with Crippen molar-refractivity contribution in [3.8, 4) is 23.8 Å². The lowest BCUT2D eigenvalue weighted by Crippen LogP contribution is -2.03. The zero-order chi connectivity index (χ0) is 20.1. The standard InChI is InChI=1S/C22H14N4O3/c23-10-16-5-3-15(4-6-16)7-8-20-22(26-19-2-1-9-24-21(19)25-20)29-14-18-13-28-12-17(18)11-27/h1-6,9,12-13,27H,11,14H2. The smallest absolute Gasteiger partial charge is 0.250 e. The van der Waals surface area contributed by atoms with Crippen molar-refractivity contribution in [2.24, 2.45) is 0 Å². The zero-order valence-electron chi connectivity index (χ0n) is 15.2. The Morgan fingerprint density at radius 2 is 1.79 bits per heavy atom. The second kappa shape index (κ2) is 8.22. The highest BCUT2D eigenvalue weighted by atomic mass is 16.5. The van der Waals surface area contributed by atoms with E-state index in [0.29, 0.717) is 33.5 Å². The molecule has 0 aliphatic carbocycles. The molecule has 4 rings (SSSR count). The van der Waals surface area contributed by atoms with Crippen LogP contribution in [0.4, 0.5) is 0 Å². The van der Waals surface area contributed by atoms with Crippen molar-refractivity contribution in [2.75, 3.05) is 0 Å². The number of benzene rings is 1. The van der Waals surface area contributed by atoms with Crippen LogP contribution in [0.3, 0.4) is 0 Å². The van der Waals surface area contributed by atoms with E-state index in [1.165, 1.54) is 12.5 Å². The Balaban J connectivity index is 1.68. The molecule has 3 aromatic heterocycles. The molecule has 0 amide bonds. The molecule has 0 fully saturated rings. The maximum Gasteiger partial charge on any atom is 0.250 e. The van der Waals surface area contributed by atoms with Crippen LogP contribution in [-0.4, -0.2) is 20.1 Å². The van der Waals surface area contributed by atoms with Gasteiger partial charge in [0.1, 0.15) is 12.1 Å². The normalized spacial score (nSPS) is 10.2. The SMILES string of the molecule is N#Cc1ccc(C#Cc2nc3ncccc3nc2OCc2cocc2CO)cc1. The molecule has 0 aliphatic heterocycles. The van der Waals surface area contributed by atoms with Gasteiger partial charge in [-0.2, -0.15) is 5.26 Å². The summed E-state index contributed by atoms with van der Waals surface area (Å²) < 4.78 is 11.0. The van der Waals surface area contributed by atoms with Crippen molar-refractivity contribution in [1.29, 1.82) is 5.26 Å². The number of furan rings is 1. The molecule has 7 nitrogen and oxygen atoms in total. The monoisotopic (exact) mass is 382 g/mol. The van der Waals surface area contributed by atoms with E-state index in [0.717, 1.165) is 5.56 Å². The summed E-state index contributed by atoms with van der Waals surface area (Å²) in [7, 11) is 0. The lowest BCUT2D eigenvalue weighted by molar-refractivity contribution is 0.266. The molecule has 29 heavy (non-hydrogen) atoms. The van der Waals surface area contributed by atoms with Gasteiger partial charge < -0.3 is 14.3 Å². The van der Waals surface area contributed by atoms with Crippen LogP contribution >= 0.6 is 0 Å². The van der Waals surface area contributed by atoms with Gasteiger partial charge in [0.15, 0.2) is 11.3 Å². The Kier molecular flexibility index (Phi) is 5.15. The number of aliphatic hydroxyl groups is 1. The van der Waals surface area contributed by atoms with Crippen molar-refractivity contribution in [3.05, 3.63) is 83.1 Å². The molecule has 4 aromatic rings. The highest BCUT2D eigenvalue weighted by Crippen LogP contribution is 2.20. The maximum absolute atomic E-state index is 9.35. The second-order valence-corrected chi connectivity index (χ2v) is 6.03. The van der Waals surface area contributed by atoms with Gasteiger partial charge in [0.25, 0.3) is 0 Å². The minimum atomic E-state index is -0.145. The summed E-state index contributed by atoms with van der Waals surface area (Å²) in [6.45, 7) is 0.00621. The van der Waals surface area contributed by atoms with E-state index < -0.39 is 0 Å². The Labute approximate surface area is 166 Å². The zero-order valence-corrected chi connectivity index (χ0v) is 15.2. The molecular formula is C22H14N4O3. The van der Waals surface area contributed by atoms with Gasteiger partial charge in [-0.1, -0.05) is 5.92 Å². The Bertz CT molecular complexity index is 1260. The summed E-state index contributed by atoms with van der Waals surface area (Å²) in [5.41, 5.74) is 4.04. The van der Waals surface area contributed by atoms with Crippen molar-refractivity contribution < 1.29 is 14.3 Å². The van der Waals surface area contributed by atoms with E-state index in [-0.39, 0.29) is 19.1 Å². The van der Waals surface area contributed by atoms with Crippen molar-refractivity contribution in [2.45, 2.75) is 13.2 Å². The molecule has 1 N–H and O–H groups in total. The van der Waals surface area contributed by atoms with Gasteiger partial charge in [0, 0.05) is 22.9 Å². The third kappa shape index (κ3) is 4.06. The number of aromatic nitrogens is 3. The topological polar surface area (TPSA) is 105 Å². The summed E-state index contributed by atoms with van der Waals surface area (Å²) >= 11 is 0. The summed E-state index contributed by atoms with van der Waals surface area (Å²) in [4.78, 5) is 13.2. The van der Waals surface area contributed by atoms with E-state index >= 15 is 0 Å². The molecular weight excluding hydrogens is 368 g/mol. The molecule has 0 saturated carbocycles. The molecule has 0 radical (unpaired) electrons. The first-order valence-corrected chi connectivity index (χ1v) is 8.69. The highest BCUT2D eigenvalue weighted by molar-refractivity contribution is 5.71. The first-order valence-electron chi connectivity index (χ1n) is 8.69. The largest absolute Gasteiger partial charge is 0.472 e. The van der Waals surface area contributed by atoms with E-state index in [9.17, 15) is 5.11 Å². The lowest BCUT2D eigenvalue weighted by atomic mass is 10.1. The van der Waals surface area contributed by atoms with Crippen molar-refractivity contribution in [1.82, 2.24) is 15.0 Å². The van der Waals surface area contributed by atoms with Gasteiger partial charge >= 0.3 is 0 Å². The summed E-state index contributed by atoms with van der Waals surface area (Å²) in [6, 6.07) is 12.5. The second-order valence-electron chi connectivity index (χ2n) is 6.03. The predicted octanol–water partition coefficient (Wildman–Crippen LogP) is 2.96. The van der Waals surface area contributed by atoms with Crippen molar-refractivity contribution in [3.63, 3.8) is 0 Å². The number of aliphatic hydroxyl groups excluding tert-OH is 1. The summed E-state index contributed by atoms with van der Waals surface area (Å²) in [5, 5.41) is 18.3. The average Bonchev–Trinajstić information content (AvgIpc) is 3.24.